The van der Waals surface area contributed by atoms with Crippen LogP contribution in [0, 0.1) is 6.92 Å². The third-order valence-corrected chi connectivity index (χ3v) is 2.15. The number of hydrogen-bond acceptors (Lipinski definition) is 4. The van der Waals surface area contributed by atoms with E-state index in [1.807, 2.05) is 6.92 Å². The molecule has 0 aliphatic heterocycles. The van der Waals surface area contributed by atoms with Crippen LogP contribution < -0.4 is 5.73 Å². The van der Waals surface area contributed by atoms with E-state index in [2.05, 4.69) is 23.8 Å². The van der Waals surface area contributed by atoms with Gasteiger partial charge in [-0.05, 0) is 12.8 Å². The second-order valence-corrected chi connectivity index (χ2v) is 3.68. The lowest BCUT2D eigenvalue weighted by Crippen LogP contribution is -1.99. The minimum absolute atomic E-state index is 0.319. The van der Waals surface area contributed by atoms with Gasteiger partial charge in [-0.15, -0.1) is 0 Å². The van der Waals surface area contributed by atoms with Crippen LogP contribution in [0.2, 0.25) is 0 Å². The van der Waals surface area contributed by atoms with Crippen LogP contribution >= 0.6 is 0 Å². The zero-order valence-electron chi connectivity index (χ0n) is 8.53. The monoisotopic (exact) mass is 191 g/mol. The van der Waals surface area contributed by atoms with Crippen molar-refractivity contribution >= 4 is 16.8 Å². The van der Waals surface area contributed by atoms with Crippen molar-refractivity contribution < 1.29 is 4.42 Å². The Morgan fingerprint density at radius 1 is 1.36 bits per heavy atom. The molecule has 0 unspecified atom stereocenters. The molecule has 2 aromatic heterocycles. The molecule has 14 heavy (non-hydrogen) atoms. The lowest BCUT2D eigenvalue weighted by molar-refractivity contribution is 0.600. The fourth-order valence-corrected chi connectivity index (χ4v) is 1.52. The van der Waals surface area contributed by atoms with Gasteiger partial charge in [-0.2, -0.15) is 4.98 Å². The van der Waals surface area contributed by atoms with Crippen LogP contribution in [0.3, 0.4) is 0 Å². The average molecular weight is 191 g/mol. The quantitative estimate of drug-likeness (QED) is 0.750. The van der Waals surface area contributed by atoms with Crippen molar-refractivity contribution in [2.45, 2.75) is 26.7 Å². The number of aryl methyl sites for hydroxylation is 1. The largest absolute Gasteiger partial charge is 0.444 e. The lowest BCUT2D eigenvalue weighted by atomic mass is 10.1. The van der Waals surface area contributed by atoms with Crippen molar-refractivity contribution in [2.75, 3.05) is 5.73 Å². The molecule has 0 aliphatic carbocycles. The highest BCUT2D eigenvalue weighted by molar-refractivity contribution is 5.89. The second kappa shape index (κ2) is 2.97. The van der Waals surface area contributed by atoms with E-state index >= 15 is 0 Å². The van der Waals surface area contributed by atoms with Gasteiger partial charge in [0.15, 0.2) is 0 Å². The van der Waals surface area contributed by atoms with Crippen molar-refractivity contribution in [1.82, 2.24) is 9.97 Å². The van der Waals surface area contributed by atoms with E-state index in [1.54, 1.807) is 0 Å². The number of rotatable bonds is 1. The highest BCUT2D eigenvalue weighted by Crippen LogP contribution is 2.28. The molecule has 2 heterocycles. The molecule has 74 valence electrons. The normalized spacial score (nSPS) is 11.4. The van der Waals surface area contributed by atoms with Gasteiger partial charge in [-0.25, -0.2) is 4.98 Å². The van der Waals surface area contributed by atoms with E-state index in [-0.39, 0.29) is 0 Å². The molecule has 0 bridgehead atoms. The molecule has 4 nitrogen and oxygen atoms in total. The van der Waals surface area contributed by atoms with Crippen LogP contribution in [-0.4, -0.2) is 9.97 Å². The SMILES string of the molecule is Cc1nc(C(C)C)c2c(N)coc2n1. The van der Waals surface area contributed by atoms with E-state index in [0.717, 1.165) is 16.9 Å². The Bertz CT molecular complexity index is 473. The van der Waals surface area contributed by atoms with Crippen molar-refractivity contribution in [3.63, 3.8) is 0 Å². The maximum Gasteiger partial charge on any atom is 0.231 e. The molecule has 2 rings (SSSR count). The van der Waals surface area contributed by atoms with Crippen LogP contribution in [-0.2, 0) is 0 Å². The van der Waals surface area contributed by atoms with Gasteiger partial charge in [-0.1, -0.05) is 13.8 Å². The summed E-state index contributed by atoms with van der Waals surface area (Å²) in [6.45, 7) is 6.01. The Labute approximate surface area is 82.1 Å². The van der Waals surface area contributed by atoms with Crippen molar-refractivity contribution in [2.24, 2.45) is 0 Å². The summed E-state index contributed by atoms with van der Waals surface area (Å²) in [4.78, 5) is 8.56. The number of furan rings is 1. The van der Waals surface area contributed by atoms with Crippen LogP contribution in [0.15, 0.2) is 10.7 Å². The van der Waals surface area contributed by atoms with Crippen LogP contribution in [0.4, 0.5) is 5.69 Å². The second-order valence-electron chi connectivity index (χ2n) is 3.68. The molecular formula is C10H13N3O. The summed E-state index contributed by atoms with van der Waals surface area (Å²) in [6, 6.07) is 0. The molecule has 0 aliphatic rings. The van der Waals surface area contributed by atoms with Gasteiger partial charge in [0.1, 0.15) is 12.1 Å². The first-order valence-corrected chi connectivity index (χ1v) is 4.60. The smallest absolute Gasteiger partial charge is 0.231 e. The van der Waals surface area contributed by atoms with Gasteiger partial charge in [-0.3, -0.25) is 0 Å². The van der Waals surface area contributed by atoms with E-state index < -0.39 is 0 Å². The Hall–Kier alpha value is -1.58. The van der Waals surface area contributed by atoms with Gasteiger partial charge >= 0.3 is 0 Å². The highest BCUT2D eigenvalue weighted by Gasteiger charge is 2.14. The molecule has 0 saturated carbocycles. The summed E-state index contributed by atoms with van der Waals surface area (Å²) in [5, 5.41) is 0.852. The number of hydrogen-bond donors (Lipinski definition) is 1. The lowest BCUT2D eigenvalue weighted by Gasteiger charge is -2.06. The first-order valence-electron chi connectivity index (χ1n) is 4.60. The molecule has 2 N–H and O–H groups in total. The van der Waals surface area contributed by atoms with Crippen LogP contribution in [0.25, 0.3) is 11.1 Å². The highest BCUT2D eigenvalue weighted by atomic mass is 16.3. The van der Waals surface area contributed by atoms with Gasteiger partial charge in [0.05, 0.1) is 16.8 Å². The summed E-state index contributed by atoms with van der Waals surface area (Å²) in [5.41, 5.74) is 7.94. The number of nitrogen functional groups attached to an aromatic ring is 1. The number of aromatic nitrogens is 2. The zero-order valence-corrected chi connectivity index (χ0v) is 8.53. The van der Waals surface area contributed by atoms with E-state index in [1.165, 1.54) is 6.26 Å². The van der Waals surface area contributed by atoms with Gasteiger partial charge < -0.3 is 10.2 Å². The summed E-state index contributed by atoms with van der Waals surface area (Å²) in [7, 11) is 0. The molecule has 0 saturated heterocycles. The third kappa shape index (κ3) is 1.23. The summed E-state index contributed by atoms with van der Waals surface area (Å²) in [6.07, 6.45) is 1.52. The summed E-state index contributed by atoms with van der Waals surface area (Å²) in [5.74, 6) is 1.04. The van der Waals surface area contributed by atoms with Gasteiger partial charge in [0, 0.05) is 0 Å². The molecule has 0 fully saturated rings. The minimum atomic E-state index is 0.319. The number of fused-ring (bicyclic) bond motifs is 1. The summed E-state index contributed by atoms with van der Waals surface area (Å²) < 4.78 is 5.24. The van der Waals surface area contributed by atoms with Crippen LogP contribution in [0.5, 0.6) is 0 Å². The fourth-order valence-electron chi connectivity index (χ4n) is 1.52. The van der Waals surface area contributed by atoms with E-state index in [0.29, 0.717) is 17.3 Å². The Kier molecular flexibility index (Phi) is 1.91. The minimum Gasteiger partial charge on any atom is -0.444 e. The molecule has 0 atom stereocenters. The van der Waals surface area contributed by atoms with Crippen LogP contribution in [0.1, 0.15) is 31.3 Å². The zero-order chi connectivity index (χ0) is 10.3. The third-order valence-electron chi connectivity index (χ3n) is 2.15. The molecule has 2 aromatic rings. The molecule has 0 amide bonds. The van der Waals surface area contributed by atoms with E-state index in [4.69, 9.17) is 10.2 Å². The average Bonchev–Trinajstić information content (AvgIpc) is 2.46. The predicted molar refractivity (Wildman–Crippen MR) is 55.0 cm³/mol. The molecule has 4 heteroatoms. The fraction of sp³-hybridized carbons (Fsp3) is 0.400. The Morgan fingerprint density at radius 2 is 2.07 bits per heavy atom. The predicted octanol–water partition coefficient (Wildman–Crippen LogP) is 2.24. The first-order chi connectivity index (χ1) is 6.59. The van der Waals surface area contributed by atoms with Gasteiger partial charge in [0.2, 0.25) is 5.71 Å². The molecule has 0 radical (unpaired) electrons. The Balaban J connectivity index is 2.83. The Morgan fingerprint density at radius 3 is 2.71 bits per heavy atom. The van der Waals surface area contributed by atoms with Gasteiger partial charge in [0.25, 0.3) is 0 Å². The molecular weight excluding hydrogens is 178 g/mol. The summed E-state index contributed by atoms with van der Waals surface area (Å²) >= 11 is 0. The van der Waals surface area contributed by atoms with Crippen molar-refractivity contribution in [3.8, 4) is 0 Å². The van der Waals surface area contributed by atoms with Crippen molar-refractivity contribution in [3.05, 3.63) is 17.8 Å². The molecule has 0 spiro atoms. The topological polar surface area (TPSA) is 64.9 Å². The number of nitrogens with two attached hydrogens (primary N) is 1. The molecule has 0 aromatic carbocycles. The maximum atomic E-state index is 5.79. The number of nitrogens with zero attached hydrogens (tertiary/aromatic N) is 2. The maximum absolute atomic E-state index is 5.79. The van der Waals surface area contributed by atoms with E-state index in [9.17, 15) is 0 Å². The number of anilines is 1. The van der Waals surface area contributed by atoms with Crippen molar-refractivity contribution in [1.29, 1.82) is 0 Å². The first kappa shape index (κ1) is 8.99. The standard InChI is InChI=1S/C10H13N3O/c1-5(2)9-8-7(11)4-14-10(8)13-6(3)12-9/h4-5H,11H2,1-3H3.